The highest BCUT2D eigenvalue weighted by Crippen LogP contribution is 2.17. The molecule has 0 saturated carbocycles. The minimum Gasteiger partial charge on any atom is -0.481 e. The summed E-state index contributed by atoms with van der Waals surface area (Å²) in [4.78, 5) is 25.6. The molecule has 2 amide bonds. The minimum absolute atomic E-state index is 0.212. The molecule has 1 rings (SSSR count). The third-order valence-corrected chi connectivity index (χ3v) is 4.17. The van der Waals surface area contributed by atoms with Gasteiger partial charge in [0.05, 0.1) is 12.5 Å². The molecule has 0 aliphatic carbocycles. The van der Waals surface area contributed by atoms with Gasteiger partial charge in [-0.05, 0) is 30.4 Å². The Hall–Kier alpha value is -1.56. The summed E-state index contributed by atoms with van der Waals surface area (Å²) in [6.07, 6.45) is 0.947. The van der Waals surface area contributed by atoms with Crippen LogP contribution in [0, 0.1) is 5.92 Å². The number of aliphatic carboxylic acids is 1. The first kappa shape index (κ1) is 16.5. The third kappa shape index (κ3) is 4.52. The van der Waals surface area contributed by atoms with Crippen molar-refractivity contribution < 1.29 is 14.7 Å². The first-order valence-corrected chi connectivity index (χ1v) is 7.68. The van der Waals surface area contributed by atoms with Crippen molar-refractivity contribution in [2.75, 3.05) is 13.1 Å². The van der Waals surface area contributed by atoms with Crippen LogP contribution in [0.15, 0.2) is 11.4 Å². The van der Waals surface area contributed by atoms with Crippen molar-refractivity contribution in [1.82, 2.24) is 10.2 Å². The highest BCUT2D eigenvalue weighted by atomic mass is 32.1. The molecule has 1 aromatic rings. The number of hydrogen-bond acceptors (Lipinski definition) is 3. The fourth-order valence-electron chi connectivity index (χ4n) is 1.87. The van der Waals surface area contributed by atoms with E-state index in [1.165, 1.54) is 10.5 Å². The van der Waals surface area contributed by atoms with E-state index in [0.717, 1.165) is 11.3 Å². The number of nitrogens with one attached hydrogen (secondary N) is 1. The summed E-state index contributed by atoms with van der Waals surface area (Å²) in [6, 6.07) is 1.85. The summed E-state index contributed by atoms with van der Waals surface area (Å²) in [7, 11) is 0. The molecule has 0 aromatic carbocycles. The van der Waals surface area contributed by atoms with Crippen LogP contribution in [-0.2, 0) is 17.8 Å². The van der Waals surface area contributed by atoms with E-state index in [-0.39, 0.29) is 12.6 Å². The first-order valence-electron chi connectivity index (χ1n) is 6.80. The van der Waals surface area contributed by atoms with E-state index < -0.39 is 11.9 Å². The quantitative estimate of drug-likeness (QED) is 0.813. The highest BCUT2D eigenvalue weighted by Gasteiger charge is 2.19. The molecule has 20 heavy (non-hydrogen) atoms. The predicted octanol–water partition coefficient (Wildman–Crippen LogP) is 2.56. The van der Waals surface area contributed by atoms with Gasteiger partial charge in [0.25, 0.3) is 0 Å². The van der Waals surface area contributed by atoms with Crippen LogP contribution in [-0.4, -0.2) is 35.1 Å². The molecule has 1 unspecified atom stereocenters. The average molecular weight is 298 g/mol. The molecule has 1 aromatic heterocycles. The third-order valence-electron chi connectivity index (χ3n) is 3.20. The lowest BCUT2D eigenvalue weighted by Gasteiger charge is -2.23. The number of urea groups is 1. The van der Waals surface area contributed by atoms with E-state index in [4.69, 9.17) is 5.11 Å². The molecule has 0 spiro atoms. The lowest BCUT2D eigenvalue weighted by molar-refractivity contribution is -0.141. The van der Waals surface area contributed by atoms with Gasteiger partial charge in [0.2, 0.25) is 0 Å². The number of carboxylic acids is 1. The van der Waals surface area contributed by atoms with E-state index in [0.29, 0.717) is 13.1 Å². The monoisotopic (exact) mass is 298 g/mol. The molecular weight excluding hydrogens is 276 g/mol. The number of thiophene rings is 1. The van der Waals surface area contributed by atoms with E-state index in [1.54, 1.807) is 18.3 Å². The Morgan fingerprint density at radius 1 is 1.45 bits per heavy atom. The van der Waals surface area contributed by atoms with E-state index in [1.807, 2.05) is 12.3 Å². The Bertz CT molecular complexity index is 459. The molecule has 0 aliphatic rings. The van der Waals surface area contributed by atoms with Crippen molar-refractivity contribution in [3.8, 4) is 0 Å². The summed E-state index contributed by atoms with van der Waals surface area (Å²) in [5.41, 5.74) is 1.25. The number of rotatable bonds is 7. The molecule has 0 fully saturated rings. The fourth-order valence-corrected chi connectivity index (χ4v) is 2.78. The molecular formula is C14H22N2O3S. The number of nitrogens with zero attached hydrogens (tertiary/aromatic N) is 1. The van der Waals surface area contributed by atoms with Crippen LogP contribution >= 0.6 is 11.3 Å². The van der Waals surface area contributed by atoms with Gasteiger partial charge in [-0.3, -0.25) is 4.79 Å². The number of carboxylic acid groups (broad SMARTS) is 1. The van der Waals surface area contributed by atoms with Gasteiger partial charge in [-0.25, -0.2) is 4.79 Å². The molecule has 0 saturated heterocycles. The van der Waals surface area contributed by atoms with Crippen molar-refractivity contribution in [2.24, 2.45) is 5.92 Å². The Morgan fingerprint density at radius 3 is 2.70 bits per heavy atom. The zero-order valence-corrected chi connectivity index (χ0v) is 13.0. The van der Waals surface area contributed by atoms with E-state index in [9.17, 15) is 9.59 Å². The van der Waals surface area contributed by atoms with Crippen molar-refractivity contribution in [3.05, 3.63) is 21.9 Å². The zero-order valence-electron chi connectivity index (χ0n) is 12.2. The van der Waals surface area contributed by atoms with Crippen LogP contribution in [0.2, 0.25) is 0 Å². The van der Waals surface area contributed by atoms with Crippen molar-refractivity contribution in [3.63, 3.8) is 0 Å². The maximum Gasteiger partial charge on any atom is 0.317 e. The molecule has 1 heterocycles. The second-order valence-corrected chi connectivity index (χ2v) is 5.66. The maximum atomic E-state index is 12.1. The van der Waals surface area contributed by atoms with Crippen molar-refractivity contribution in [2.45, 2.75) is 33.7 Å². The standard InChI is InChI=1S/C14H22N2O3S/c1-4-11-6-7-20-12(11)8-15-14(19)16(5-2)9-10(3)13(17)18/h6-7,10H,4-5,8-9H2,1-3H3,(H,15,19)(H,17,18). The number of aryl methyl sites for hydroxylation is 1. The van der Waals surface area contributed by atoms with Crippen LogP contribution in [0.5, 0.6) is 0 Å². The molecule has 0 aliphatic heterocycles. The predicted molar refractivity (Wildman–Crippen MR) is 80.0 cm³/mol. The normalized spacial score (nSPS) is 11.9. The van der Waals surface area contributed by atoms with Gasteiger partial charge in [0.15, 0.2) is 0 Å². The molecule has 2 N–H and O–H groups in total. The second-order valence-electron chi connectivity index (χ2n) is 4.66. The summed E-state index contributed by atoms with van der Waals surface area (Å²) in [6.45, 7) is 6.75. The van der Waals surface area contributed by atoms with Gasteiger partial charge < -0.3 is 15.3 Å². The summed E-state index contributed by atoms with van der Waals surface area (Å²) >= 11 is 1.63. The SMILES string of the molecule is CCc1ccsc1CNC(=O)N(CC)CC(C)C(=O)O. The van der Waals surface area contributed by atoms with Crippen LogP contribution in [0.3, 0.4) is 0 Å². The van der Waals surface area contributed by atoms with Gasteiger partial charge in [0, 0.05) is 18.0 Å². The highest BCUT2D eigenvalue weighted by molar-refractivity contribution is 7.10. The first-order chi connectivity index (χ1) is 9.49. The molecule has 6 heteroatoms. The van der Waals surface area contributed by atoms with Crippen molar-refractivity contribution >= 4 is 23.3 Å². The lowest BCUT2D eigenvalue weighted by atomic mass is 10.2. The number of amides is 2. The van der Waals surface area contributed by atoms with Gasteiger partial charge >= 0.3 is 12.0 Å². The Kier molecular flexibility index (Phi) is 6.51. The van der Waals surface area contributed by atoms with E-state index >= 15 is 0 Å². The van der Waals surface area contributed by atoms with Crippen LogP contribution in [0.1, 0.15) is 31.2 Å². The van der Waals surface area contributed by atoms with Crippen LogP contribution < -0.4 is 5.32 Å². The largest absolute Gasteiger partial charge is 0.481 e. The van der Waals surface area contributed by atoms with Gasteiger partial charge in [0.1, 0.15) is 0 Å². The second kappa shape index (κ2) is 7.89. The Morgan fingerprint density at radius 2 is 2.15 bits per heavy atom. The number of carbonyl (C=O) groups is 2. The molecule has 0 radical (unpaired) electrons. The summed E-state index contributed by atoms with van der Waals surface area (Å²) < 4.78 is 0. The van der Waals surface area contributed by atoms with Gasteiger partial charge in [-0.1, -0.05) is 13.8 Å². The molecule has 112 valence electrons. The average Bonchev–Trinajstić information content (AvgIpc) is 2.88. The Balaban J connectivity index is 2.53. The van der Waals surface area contributed by atoms with Crippen LogP contribution in [0.25, 0.3) is 0 Å². The van der Waals surface area contributed by atoms with Crippen molar-refractivity contribution in [1.29, 1.82) is 0 Å². The fraction of sp³-hybridized carbons (Fsp3) is 0.571. The molecule has 1 atom stereocenters. The lowest BCUT2D eigenvalue weighted by Crippen LogP contribution is -2.42. The molecule has 5 nitrogen and oxygen atoms in total. The van der Waals surface area contributed by atoms with Gasteiger partial charge in [-0.2, -0.15) is 0 Å². The molecule has 0 bridgehead atoms. The minimum atomic E-state index is -0.886. The van der Waals surface area contributed by atoms with Gasteiger partial charge in [-0.15, -0.1) is 11.3 Å². The zero-order chi connectivity index (χ0) is 15.1. The number of carbonyl (C=O) groups excluding carboxylic acids is 1. The smallest absolute Gasteiger partial charge is 0.317 e. The number of hydrogen-bond donors (Lipinski definition) is 2. The van der Waals surface area contributed by atoms with Crippen LogP contribution in [0.4, 0.5) is 4.79 Å². The topological polar surface area (TPSA) is 69.6 Å². The Labute approximate surface area is 123 Å². The summed E-state index contributed by atoms with van der Waals surface area (Å²) in [5, 5.41) is 13.8. The summed E-state index contributed by atoms with van der Waals surface area (Å²) in [5.74, 6) is -1.45. The maximum absolute atomic E-state index is 12.1. The van der Waals surface area contributed by atoms with E-state index in [2.05, 4.69) is 18.3 Å².